The fraction of sp³-hybridized carbons (Fsp3) is 0.250. The van der Waals surface area contributed by atoms with Crippen LogP contribution in [0.5, 0.6) is 5.75 Å². The van der Waals surface area contributed by atoms with E-state index in [-0.39, 0.29) is 18.4 Å². The van der Waals surface area contributed by atoms with Gasteiger partial charge < -0.3 is 13.9 Å². The van der Waals surface area contributed by atoms with E-state index in [4.69, 9.17) is 9.15 Å². The van der Waals surface area contributed by atoms with Gasteiger partial charge in [0.05, 0.1) is 29.1 Å². The van der Waals surface area contributed by atoms with Gasteiger partial charge in [0.25, 0.3) is 11.1 Å². The van der Waals surface area contributed by atoms with Crippen molar-refractivity contribution in [2.24, 2.45) is 0 Å². The molecule has 1 aromatic carbocycles. The number of carbonyl (C=O) groups is 3. The number of rotatable bonds is 6. The first-order chi connectivity index (χ1) is 13.8. The van der Waals surface area contributed by atoms with Crippen LogP contribution in [-0.4, -0.2) is 35.2 Å². The predicted molar refractivity (Wildman–Crippen MR) is 111 cm³/mol. The number of hydrogen-bond donors (Lipinski definition) is 0. The van der Waals surface area contributed by atoms with E-state index in [0.29, 0.717) is 16.4 Å². The Kier molecular flexibility index (Phi) is 6.49. The third kappa shape index (κ3) is 4.91. The molecule has 152 valence electrons. The van der Waals surface area contributed by atoms with Crippen molar-refractivity contribution in [3.05, 3.63) is 56.8 Å². The SMILES string of the molecule is COC(=O)c1ccc(CN2C(=O)S/C(=C/c3ccc(OC(C)C)c(Br)c3)C2=O)o1. The summed E-state index contributed by atoms with van der Waals surface area (Å²) in [5.74, 6) is -0.0228. The highest BCUT2D eigenvalue weighted by molar-refractivity contribution is 9.10. The Morgan fingerprint density at radius 3 is 2.69 bits per heavy atom. The molecule has 9 heteroatoms. The van der Waals surface area contributed by atoms with Crippen LogP contribution in [0.1, 0.15) is 35.7 Å². The molecule has 0 atom stereocenters. The Morgan fingerprint density at radius 2 is 2.03 bits per heavy atom. The molecular weight excluding hydrogens is 462 g/mol. The number of amides is 2. The molecule has 2 aromatic rings. The van der Waals surface area contributed by atoms with E-state index in [1.54, 1.807) is 12.1 Å². The summed E-state index contributed by atoms with van der Waals surface area (Å²) in [6.45, 7) is 3.80. The lowest BCUT2D eigenvalue weighted by molar-refractivity contribution is -0.123. The van der Waals surface area contributed by atoms with Gasteiger partial charge in [-0.3, -0.25) is 14.5 Å². The number of methoxy groups -OCH3 is 1. The second kappa shape index (κ2) is 8.87. The molecule has 0 aliphatic carbocycles. The highest BCUT2D eigenvalue weighted by Gasteiger charge is 2.35. The molecule has 2 heterocycles. The van der Waals surface area contributed by atoms with Crippen molar-refractivity contribution < 1.29 is 28.3 Å². The minimum atomic E-state index is -0.624. The van der Waals surface area contributed by atoms with Crippen LogP contribution < -0.4 is 4.74 Å². The van der Waals surface area contributed by atoms with E-state index in [0.717, 1.165) is 26.7 Å². The first-order valence-corrected chi connectivity index (χ1v) is 10.3. The summed E-state index contributed by atoms with van der Waals surface area (Å²) >= 11 is 4.31. The largest absolute Gasteiger partial charge is 0.490 e. The Morgan fingerprint density at radius 1 is 1.28 bits per heavy atom. The molecule has 2 amide bonds. The van der Waals surface area contributed by atoms with Crippen LogP contribution in [0.3, 0.4) is 0 Å². The van der Waals surface area contributed by atoms with Gasteiger partial charge in [0.1, 0.15) is 11.5 Å². The third-order valence-corrected chi connectivity index (χ3v) is 5.38. The minimum absolute atomic E-state index is 0.0126. The molecule has 0 unspecified atom stereocenters. The van der Waals surface area contributed by atoms with Gasteiger partial charge in [-0.1, -0.05) is 6.07 Å². The van der Waals surface area contributed by atoms with Crippen LogP contribution in [0.25, 0.3) is 6.08 Å². The molecule has 1 fully saturated rings. The van der Waals surface area contributed by atoms with Crippen LogP contribution in [-0.2, 0) is 16.1 Å². The van der Waals surface area contributed by atoms with E-state index >= 15 is 0 Å². The van der Waals surface area contributed by atoms with E-state index in [1.807, 2.05) is 26.0 Å². The lowest BCUT2D eigenvalue weighted by Crippen LogP contribution is -2.27. The van der Waals surface area contributed by atoms with Crippen LogP contribution in [0.4, 0.5) is 4.79 Å². The number of furan rings is 1. The molecule has 3 rings (SSSR count). The Labute approximate surface area is 180 Å². The summed E-state index contributed by atoms with van der Waals surface area (Å²) in [6, 6.07) is 8.40. The van der Waals surface area contributed by atoms with Crippen molar-refractivity contribution in [3.63, 3.8) is 0 Å². The summed E-state index contributed by atoms with van der Waals surface area (Å²) in [6.07, 6.45) is 1.69. The zero-order valence-corrected chi connectivity index (χ0v) is 18.3. The molecule has 1 aromatic heterocycles. The molecule has 0 saturated carbocycles. The normalized spacial score (nSPS) is 15.5. The van der Waals surface area contributed by atoms with Gasteiger partial charge in [-0.25, -0.2) is 4.79 Å². The quantitative estimate of drug-likeness (QED) is 0.432. The predicted octanol–water partition coefficient (Wildman–Crippen LogP) is 4.85. The topological polar surface area (TPSA) is 86.0 Å². The van der Waals surface area contributed by atoms with Crippen molar-refractivity contribution in [1.82, 2.24) is 4.90 Å². The highest BCUT2D eigenvalue weighted by atomic mass is 79.9. The maximum absolute atomic E-state index is 12.7. The van der Waals surface area contributed by atoms with E-state index in [2.05, 4.69) is 20.7 Å². The van der Waals surface area contributed by atoms with Crippen molar-refractivity contribution in [2.45, 2.75) is 26.5 Å². The molecule has 0 bridgehead atoms. The number of hydrogen-bond acceptors (Lipinski definition) is 7. The maximum atomic E-state index is 12.7. The molecule has 1 saturated heterocycles. The standard InChI is InChI=1S/C20H18BrNO6S/c1-11(2)27-15-6-4-12(8-14(15)21)9-17-18(23)22(20(25)29-17)10-13-5-7-16(28-13)19(24)26-3/h4-9,11H,10H2,1-3H3/b17-9+. The lowest BCUT2D eigenvalue weighted by atomic mass is 10.2. The summed E-state index contributed by atoms with van der Waals surface area (Å²) < 4.78 is 16.3. The van der Waals surface area contributed by atoms with Gasteiger partial charge >= 0.3 is 5.97 Å². The van der Waals surface area contributed by atoms with Gasteiger partial charge in [0.15, 0.2) is 0 Å². The van der Waals surface area contributed by atoms with Gasteiger partial charge in [0.2, 0.25) is 5.76 Å². The van der Waals surface area contributed by atoms with Crippen LogP contribution >= 0.6 is 27.7 Å². The summed E-state index contributed by atoms with van der Waals surface area (Å²) in [4.78, 5) is 37.8. The first kappa shape index (κ1) is 21.2. The Hall–Kier alpha value is -2.52. The van der Waals surface area contributed by atoms with Crippen molar-refractivity contribution in [1.29, 1.82) is 0 Å². The lowest BCUT2D eigenvalue weighted by Gasteiger charge is -2.12. The third-order valence-electron chi connectivity index (χ3n) is 3.85. The number of thioether (sulfide) groups is 1. The zero-order valence-electron chi connectivity index (χ0n) is 15.9. The number of imide groups is 1. The van der Waals surface area contributed by atoms with Crippen molar-refractivity contribution >= 4 is 50.9 Å². The number of ether oxygens (including phenoxy) is 2. The van der Waals surface area contributed by atoms with Gasteiger partial charge in [-0.15, -0.1) is 0 Å². The number of esters is 1. The first-order valence-electron chi connectivity index (χ1n) is 8.67. The summed E-state index contributed by atoms with van der Waals surface area (Å²) in [5, 5.41) is -0.406. The van der Waals surface area contributed by atoms with Crippen molar-refractivity contribution in [3.8, 4) is 5.75 Å². The summed E-state index contributed by atoms with van der Waals surface area (Å²) in [7, 11) is 1.24. The van der Waals surface area contributed by atoms with Gasteiger partial charge in [-0.05, 0) is 77.4 Å². The fourth-order valence-electron chi connectivity index (χ4n) is 2.57. The molecule has 7 nitrogen and oxygen atoms in total. The molecule has 0 spiro atoms. The molecular formula is C20H18BrNO6S. The molecule has 1 aliphatic rings. The monoisotopic (exact) mass is 479 g/mol. The van der Waals surface area contributed by atoms with Crippen molar-refractivity contribution in [2.75, 3.05) is 7.11 Å². The Balaban J connectivity index is 1.75. The highest BCUT2D eigenvalue weighted by Crippen LogP contribution is 2.35. The van der Waals surface area contributed by atoms with E-state index in [1.165, 1.54) is 19.2 Å². The second-order valence-electron chi connectivity index (χ2n) is 6.38. The number of nitrogens with zero attached hydrogens (tertiary/aromatic N) is 1. The van der Waals surface area contributed by atoms with Crippen LogP contribution in [0.2, 0.25) is 0 Å². The molecule has 0 radical (unpaired) electrons. The van der Waals surface area contributed by atoms with E-state index < -0.39 is 17.1 Å². The van der Waals surface area contributed by atoms with Crippen LogP contribution in [0.15, 0.2) is 44.1 Å². The minimum Gasteiger partial charge on any atom is -0.490 e. The van der Waals surface area contributed by atoms with Crippen LogP contribution in [0, 0.1) is 0 Å². The smallest absolute Gasteiger partial charge is 0.373 e. The Bertz CT molecular complexity index is 997. The average molecular weight is 480 g/mol. The molecule has 29 heavy (non-hydrogen) atoms. The van der Waals surface area contributed by atoms with Gasteiger partial charge in [-0.2, -0.15) is 0 Å². The maximum Gasteiger partial charge on any atom is 0.373 e. The zero-order chi connectivity index (χ0) is 21.1. The fourth-order valence-corrected chi connectivity index (χ4v) is 3.90. The van der Waals surface area contributed by atoms with Gasteiger partial charge in [0, 0.05) is 0 Å². The number of carbonyl (C=O) groups excluding carboxylic acids is 3. The average Bonchev–Trinajstić information content (AvgIpc) is 3.24. The summed E-state index contributed by atoms with van der Waals surface area (Å²) in [5.41, 5.74) is 0.754. The molecule has 0 N–H and O–H groups in total. The van der Waals surface area contributed by atoms with E-state index in [9.17, 15) is 14.4 Å². The number of halogens is 1. The molecule has 1 aliphatic heterocycles. The number of benzene rings is 1. The second-order valence-corrected chi connectivity index (χ2v) is 8.23.